The minimum atomic E-state index is -3.84. The Morgan fingerprint density at radius 1 is 0.970 bits per heavy atom. The highest BCUT2D eigenvalue weighted by Gasteiger charge is 2.24. The van der Waals surface area contributed by atoms with E-state index in [1.165, 1.54) is 0 Å². The molecular weight excluding hydrogens is 462 g/mol. The first-order chi connectivity index (χ1) is 16.0. The number of nitrogens with zero attached hydrogens (tertiary/aromatic N) is 1. The maximum Gasteiger partial charge on any atom is 0.264 e. The second-order valence-corrected chi connectivity index (χ2v) is 9.83. The van der Waals surface area contributed by atoms with Gasteiger partial charge in [-0.15, -0.1) is 11.3 Å². The molecule has 0 saturated heterocycles. The van der Waals surface area contributed by atoms with Crippen molar-refractivity contribution in [2.24, 2.45) is 0 Å². The van der Waals surface area contributed by atoms with Crippen molar-refractivity contribution in [3.63, 3.8) is 0 Å². The van der Waals surface area contributed by atoms with E-state index in [0.717, 1.165) is 16.7 Å². The fraction of sp³-hybridized carbons (Fsp3) is 0.130. The molecule has 1 amide bonds. The first kappa shape index (κ1) is 21.2. The predicted molar refractivity (Wildman–Crippen MR) is 125 cm³/mol. The van der Waals surface area contributed by atoms with E-state index in [-0.39, 0.29) is 28.9 Å². The van der Waals surface area contributed by atoms with Crippen molar-refractivity contribution in [1.29, 1.82) is 0 Å². The van der Waals surface area contributed by atoms with Crippen LogP contribution in [-0.2, 0) is 21.2 Å². The van der Waals surface area contributed by atoms with E-state index < -0.39 is 16.3 Å². The van der Waals surface area contributed by atoms with Gasteiger partial charge in [-0.05, 0) is 23.6 Å². The number of rotatable bonds is 7. The maximum absolute atomic E-state index is 12.9. The Morgan fingerprint density at radius 3 is 2.45 bits per heavy atom. The number of para-hydroxylation sites is 2. The zero-order valence-electron chi connectivity index (χ0n) is 17.2. The zero-order chi connectivity index (χ0) is 22.8. The van der Waals surface area contributed by atoms with Gasteiger partial charge in [0.1, 0.15) is 0 Å². The molecule has 0 atom stereocenters. The largest absolute Gasteiger partial charge is 0.449 e. The lowest BCUT2D eigenvalue weighted by molar-refractivity contribution is -0.121. The molecule has 0 aliphatic carbocycles. The van der Waals surface area contributed by atoms with E-state index in [4.69, 9.17) is 9.47 Å². The third kappa shape index (κ3) is 4.62. The summed E-state index contributed by atoms with van der Waals surface area (Å²) in [4.78, 5) is 16.7. The molecule has 1 aliphatic heterocycles. The minimum absolute atomic E-state index is 0.00611. The number of anilines is 1. The maximum atomic E-state index is 12.9. The van der Waals surface area contributed by atoms with Crippen LogP contribution in [0.15, 0.2) is 77.0 Å². The van der Waals surface area contributed by atoms with Gasteiger partial charge in [0.25, 0.3) is 16.3 Å². The van der Waals surface area contributed by atoms with Crippen LogP contribution in [0.3, 0.4) is 0 Å². The lowest BCUT2D eigenvalue weighted by Gasteiger charge is -2.11. The molecule has 0 radical (unpaired) electrons. The third-order valence-electron chi connectivity index (χ3n) is 4.99. The quantitative estimate of drug-likeness (QED) is 0.418. The summed E-state index contributed by atoms with van der Waals surface area (Å²) >= 11 is 1.12. The standard InChI is InChI=1S/C23H19N3O5S2/c27-21(24-13-22-30-18-9-3-4-10-19(18)31-22)12-16-14-32-23(25-16)26-33(28,29)20-11-5-7-15-6-1-2-8-17(15)20/h1-11,14,22H,12-13H2,(H,24,27)(H,25,26). The van der Waals surface area contributed by atoms with Crippen molar-refractivity contribution in [2.75, 3.05) is 11.3 Å². The highest BCUT2D eigenvalue weighted by Crippen LogP contribution is 2.33. The molecule has 8 nitrogen and oxygen atoms in total. The number of carbonyl (C=O) groups is 1. The smallest absolute Gasteiger partial charge is 0.264 e. The molecule has 0 unspecified atom stereocenters. The van der Waals surface area contributed by atoms with E-state index in [1.807, 2.05) is 30.3 Å². The van der Waals surface area contributed by atoms with Crippen LogP contribution >= 0.6 is 11.3 Å². The molecule has 3 aromatic carbocycles. The number of benzene rings is 3. The molecule has 0 saturated carbocycles. The summed E-state index contributed by atoms with van der Waals surface area (Å²) in [6, 6.07) is 19.7. The molecule has 0 spiro atoms. The van der Waals surface area contributed by atoms with Gasteiger partial charge in [0.2, 0.25) is 5.91 Å². The van der Waals surface area contributed by atoms with Gasteiger partial charge < -0.3 is 14.8 Å². The van der Waals surface area contributed by atoms with E-state index in [2.05, 4.69) is 15.0 Å². The number of aromatic nitrogens is 1. The van der Waals surface area contributed by atoms with Crippen molar-refractivity contribution < 1.29 is 22.7 Å². The Hall–Kier alpha value is -3.63. The molecule has 0 bridgehead atoms. The van der Waals surface area contributed by atoms with Crippen LogP contribution in [0, 0.1) is 0 Å². The molecule has 2 heterocycles. The van der Waals surface area contributed by atoms with Crippen molar-refractivity contribution in [2.45, 2.75) is 17.6 Å². The van der Waals surface area contributed by atoms with Crippen LogP contribution in [0.25, 0.3) is 10.8 Å². The number of hydrogen-bond acceptors (Lipinski definition) is 7. The molecule has 1 aliphatic rings. The first-order valence-corrected chi connectivity index (χ1v) is 12.5. The van der Waals surface area contributed by atoms with E-state index in [1.54, 1.807) is 41.8 Å². The molecule has 10 heteroatoms. The molecule has 33 heavy (non-hydrogen) atoms. The molecule has 0 fully saturated rings. The van der Waals surface area contributed by atoms with Gasteiger partial charge in [0.05, 0.1) is 23.6 Å². The Labute approximate surface area is 194 Å². The van der Waals surface area contributed by atoms with E-state index >= 15 is 0 Å². The molecule has 4 aromatic rings. The highest BCUT2D eigenvalue weighted by molar-refractivity contribution is 7.93. The number of fused-ring (bicyclic) bond motifs is 2. The summed E-state index contributed by atoms with van der Waals surface area (Å²) in [6.45, 7) is 0.179. The molecular formula is C23H19N3O5S2. The second-order valence-electron chi connectivity index (χ2n) is 7.32. The monoisotopic (exact) mass is 481 g/mol. The van der Waals surface area contributed by atoms with E-state index in [9.17, 15) is 13.2 Å². The summed E-state index contributed by atoms with van der Waals surface area (Å²) < 4.78 is 39.6. The summed E-state index contributed by atoms with van der Waals surface area (Å²) in [5.74, 6) is 1.01. The molecule has 2 N–H and O–H groups in total. The Kier molecular flexibility index (Phi) is 5.61. The Balaban J connectivity index is 1.19. The van der Waals surface area contributed by atoms with Crippen molar-refractivity contribution in [3.05, 3.63) is 77.8 Å². The number of hydrogen-bond donors (Lipinski definition) is 2. The summed E-state index contributed by atoms with van der Waals surface area (Å²) in [5, 5.41) is 6.05. The van der Waals surface area contributed by atoms with E-state index in [0.29, 0.717) is 22.6 Å². The highest BCUT2D eigenvalue weighted by atomic mass is 32.2. The fourth-order valence-corrected chi connectivity index (χ4v) is 5.69. The number of nitrogens with one attached hydrogen (secondary N) is 2. The average Bonchev–Trinajstić information content (AvgIpc) is 3.43. The lowest BCUT2D eigenvalue weighted by atomic mass is 10.1. The number of carbonyl (C=O) groups excluding carboxylic acids is 1. The van der Waals surface area contributed by atoms with Crippen molar-refractivity contribution >= 4 is 43.2 Å². The molecule has 5 rings (SSSR count). The first-order valence-electron chi connectivity index (χ1n) is 10.1. The molecule has 168 valence electrons. The van der Waals surface area contributed by atoms with Gasteiger partial charge >= 0.3 is 0 Å². The Morgan fingerprint density at radius 2 is 1.67 bits per heavy atom. The Bertz CT molecular complexity index is 1400. The van der Waals surface area contributed by atoms with Gasteiger partial charge in [-0.2, -0.15) is 0 Å². The number of ether oxygens (including phenoxy) is 2. The predicted octanol–water partition coefficient (Wildman–Crippen LogP) is 3.55. The van der Waals surface area contributed by atoms with Crippen LogP contribution in [0.4, 0.5) is 5.13 Å². The molecule has 1 aromatic heterocycles. The van der Waals surface area contributed by atoms with Crippen LogP contribution in [0.1, 0.15) is 5.69 Å². The summed E-state index contributed by atoms with van der Waals surface area (Å²) in [6.07, 6.45) is -0.587. The van der Waals surface area contributed by atoms with Crippen LogP contribution in [-0.4, -0.2) is 32.1 Å². The topological polar surface area (TPSA) is 107 Å². The minimum Gasteiger partial charge on any atom is -0.449 e. The van der Waals surface area contributed by atoms with Crippen LogP contribution in [0.2, 0.25) is 0 Å². The summed E-state index contributed by atoms with van der Waals surface area (Å²) in [5.41, 5.74) is 0.463. The second kappa shape index (κ2) is 8.72. The van der Waals surface area contributed by atoms with Crippen molar-refractivity contribution in [1.82, 2.24) is 10.3 Å². The normalized spacial score (nSPS) is 13.2. The van der Waals surface area contributed by atoms with Crippen molar-refractivity contribution in [3.8, 4) is 11.5 Å². The number of sulfonamides is 1. The fourth-order valence-electron chi connectivity index (χ4n) is 3.49. The van der Waals surface area contributed by atoms with Gasteiger partial charge in [0, 0.05) is 10.8 Å². The van der Waals surface area contributed by atoms with Gasteiger partial charge in [-0.3, -0.25) is 9.52 Å². The number of amides is 1. The van der Waals surface area contributed by atoms with Crippen LogP contribution < -0.4 is 19.5 Å². The SMILES string of the molecule is O=C(Cc1csc(NS(=O)(=O)c2cccc3ccccc23)n1)NCC1Oc2ccccc2O1. The van der Waals surface area contributed by atoms with Crippen LogP contribution in [0.5, 0.6) is 11.5 Å². The summed E-state index contributed by atoms with van der Waals surface area (Å²) in [7, 11) is -3.84. The van der Waals surface area contributed by atoms with Gasteiger partial charge in [-0.1, -0.05) is 48.5 Å². The number of thiazole rings is 1. The van der Waals surface area contributed by atoms with Gasteiger partial charge in [0.15, 0.2) is 16.6 Å². The van der Waals surface area contributed by atoms with Gasteiger partial charge in [-0.25, -0.2) is 13.4 Å². The zero-order valence-corrected chi connectivity index (χ0v) is 18.9. The average molecular weight is 482 g/mol. The lowest BCUT2D eigenvalue weighted by Crippen LogP contribution is -2.37. The third-order valence-corrected chi connectivity index (χ3v) is 7.32.